The quantitative estimate of drug-likeness (QED) is 0.550. The van der Waals surface area contributed by atoms with Crippen LogP contribution in [0.3, 0.4) is 0 Å². The van der Waals surface area contributed by atoms with E-state index in [1.54, 1.807) is 6.92 Å². The highest BCUT2D eigenvalue weighted by Crippen LogP contribution is 2.25. The lowest BCUT2D eigenvalue weighted by molar-refractivity contribution is -0.383. The molecule has 0 saturated carbocycles. The third-order valence-corrected chi connectivity index (χ3v) is 3.28. The Labute approximate surface area is 100 Å². The second kappa shape index (κ2) is 6.09. The maximum atomic E-state index is 11.2. The van der Waals surface area contributed by atoms with Crippen LogP contribution in [0.2, 0.25) is 0 Å². The van der Waals surface area contributed by atoms with Crippen molar-refractivity contribution < 1.29 is 9.13 Å². The zero-order valence-electron chi connectivity index (χ0n) is 9.25. The number of nitro groups is 1. The molecule has 0 aliphatic heterocycles. The van der Waals surface area contributed by atoms with Crippen LogP contribution in [0, 0.1) is 10.1 Å². The lowest BCUT2D eigenvalue weighted by Crippen LogP contribution is -2.14. The van der Waals surface area contributed by atoms with Crippen molar-refractivity contribution in [3.8, 4) is 0 Å². The molecule has 0 aliphatic carbocycles. The molecule has 1 aromatic heterocycles. The number of anilines is 2. The first-order valence-corrected chi connectivity index (χ1v) is 6.38. The van der Waals surface area contributed by atoms with Crippen molar-refractivity contribution in [2.24, 2.45) is 0 Å². The van der Waals surface area contributed by atoms with E-state index in [0.29, 0.717) is 18.1 Å². The van der Waals surface area contributed by atoms with Crippen LogP contribution in [0.5, 0.6) is 0 Å². The maximum absolute atomic E-state index is 11.2. The van der Waals surface area contributed by atoms with E-state index in [4.69, 9.17) is 5.73 Å². The van der Waals surface area contributed by atoms with Gasteiger partial charge in [-0.05, 0) is 0 Å². The standard InChI is InChI=1S/C8H13N5O3S/c1-2-17(16)4-3-10-8-6(13(14)15)7(9)11-5-12-8/h5H,2-4H2,1H3,(H3,9,10,11,12). The summed E-state index contributed by atoms with van der Waals surface area (Å²) in [5, 5.41) is 13.5. The number of nitrogens with zero attached hydrogens (tertiary/aromatic N) is 3. The van der Waals surface area contributed by atoms with Gasteiger partial charge >= 0.3 is 5.69 Å². The summed E-state index contributed by atoms with van der Waals surface area (Å²) >= 11 is 0. The van der Waals surface area contributed by atoms with Crippen LogP contribution in [-0.4, -0.2) is 37.2 Å². The van der Waals surface area contributed by atoms with E-state index in [1.165, 1.54) is 0 Å². The molecule has 0 spiro atoms. The largest absolute Gasteiger partial charge is 0.378 e. The van der Waals surface area contributed by atoms with Crippen LogP contribution in [0.15, 0.2) is 6.33 Å². The Balaban J connectivity index is 2.74. The summed E-state index contributed by atoms with van der Waals surface area (Å²) in [4.78, 5) is 17.4. The fourth-order valence-electron chi connectivity index (χ4n) is 1.13. The Morgan fingerprint density at radius 2 is 2.29 bits per heavy atom. The Morgan fingerprint density at radius 1 is 1.59 bits per heavy atom. The predicted molar refractivity (Wildman–Crippen MR) is 65.1 cm³/mol. The lowest BCUT2D eigenvalue weighted by atomic mass is 10.4. The first-order valence-electron chi connectivity index (χ1n) is 4.90. The van der Waals surface area contributed by atoms with E-state index in [2.05, 4.69) is 15.3 Å². The minimum Gasteiger partial charge on any atom is -0.378 e. The van der Waals surface area contributed by atoms with Crippen molar-refractivity contribution >= 4 is 28.1 Å². The van der Waals surface area contributed by atoms with Gasteiger partial charge in [0.25, 0.3) is 0 Å². The number of rotatable bonds is 6. The van der Waals surface area contributed by atoms with E-state index in [9.17, 15) is 14.3 Å². The molecule has 0 radical (unpaired) electrons. The molecule has 1 aromatic rings. The van der Waals surface area contributed by atoms with E-state index < -0.39 is 15.7 Å². The van der Waals surface area contributed by atoms with Crippen molar-refractivity contribution in [3.05, 3.63) is 16.4 Å². The number of nitrogens with one attached hydrogen (secondary N) is 1. The lowest BCUT2D eigenvalue weighted by Gasteiger charge is -2.05. The highest BCUT2D eigenvalue weighted by atomic mass is 32.2. The Kier molecular flexibility index (Phi) is 4.76. The summed E-state index contributed by atoms with van der Waals surface area (Å²) in [6.45, 7) is 2.14. The molecule has 1 atom stereocenters. The van der Waals surface area contributed by atoms with Crippen molar-refractivity contribution in [2.75, 3.05) is 29.1 Å². The molecule has 9 heteroatoms. The molecule has 0 aliphatic rings. The van der Waals surface area contributed by atoms with E-state index in [1.807, 2.05) is 0 Å². The van der Waals surface area contributed by atoms with Gasteiger partial charge in [0.2, 0.25) is 11.6 Å². The minimum atomic E-state index is -0.930. The molecule has 1 heterocycles. The highest BCUT2D eigenvalue weighted by Gasteiger charge is 2.20. The smallest absolute Gasteiger partial charge is 0.352 e. The predicted octanol–water partition coefficient (Wildman–Crippen LogP) is 0.148. The summed E-state index contributed by atoms with van der Waals surface area (Å²) in [6, 6.07) is 0. The summed E-state index contributed by atoms with van der Waals surface area (Å²) in [7, 11) is -0.930. The van der Waals surface area contributed by atoms with Gasteiger partial charge in [-0.3, -0.25) is 14.3 Å². The molecule has 0 aromatic carbocycles. The highest BCUT2D eigenvalue weighted by molar-refractivity contribution is 7.84. The van der Waals surface area contributed by atoms with Crippen LogP contribution in [-0.2, 0) is 10.8 Å². The average Bonchev–Trinajstić information content (AvgIpc) is 2.28. The van der Waals surface area contributed by atoms with Crippen LogP contribution in [0.1, 0.15) is 6.92 Å². The van der Waals surface area contributed by atoms with Crippen molar-refractivity contribution in [3.63, 3.8) is 0 Å². The fraction of sp³-hybridized carbons (Fsp3) is 0.500. The van der Waals surface area contributed by atoms with Crippen molar-refractivity contribution in [1.29, 1.82) is 0 Å². The van der Waals surface area contributed by atoms with Crippen molar-refractivity contribution in [1.82, 2.24) is 9.97 Å². The molecular formula is C8H13N5O3S. The number of hydrogen-bond acceptors (Lipinski definition) is 7. The van der Waals surface area contributed by atoms with Crippen LogP contribution < -0.4 is 11.1 Å². The third-order valence-electron chi connectivity index (χ3n) is 1.98. The van der Waals surface area contributed by atoms with E-state index in [-0.39, 0.29) is 17.3 Å². The van der Waals surface area contributed by atoms with Gasteiger partial charge in [-0.25, -0.2) is 9.97 Å². The van der Waals surface area contributed by atoms with E-state index >= 15 is 0 Å². The first kappa shape index (κ1) is 13.3. The van der Waals surface area contributed by atoms with Gasteiger partial charge in [-0.15, -0.1) is 0 Å². The Bertz CT molecular complexity index is 439. The molecule has 1 unspecified atom stereocenters. The second-order valence-electron chi connectivity index (χ2n) is 3.07. The van der Waals surface area contributed by atoms with Gasteiger partial charge in [-0.2, -0.15) is 0 Å². The first-order chi connectivity index (χ1) is 8.06. The van der Waals surface area contributed by atoms with Gasteiger partial charge in [0.1, 0.15) is 6.33 Å². The molecule has 0 bridgehead atoms. The SMILES string of the molecule is CCS(=O)CCNc1ncnc(N)c1[N+](=O)[O-]. The summed E-state index contributed by atoms with van der Waals surface area (Å²) < 4.78 is 11.2. The number of nitrogens with two attached hydrogens (primary N) is 1. The third kappa shape index (κ3) is 3.63. The number of aromatic nitrogens is 2. The topological polar surface area (TPSA) is 124 Å². The zero-order chi connectivity index (χ0) is 12.8. The van der Waals surface area contributed by atoms with E-state index in [0.717, 1.165) is 6.33 Å². The summed E-state index contributed by atoms with van der Waals surface area (Å²) in [5.41, 5.74) is 5.04. The molecule has 8 nitrogen and oxygen atoms in total. The zero-order valence-corrected chi connectivity index (χ0v) is 10.1. The van der Waals surface area contributed by atoms with Crippen LogP contribution >= 0.6 is 0 Å². The monoisotopic (exact) mass is 259 g/mol. The summed E-state index contributed by atoms with van der Waals surface area (Å²) in [6.07, 6.45) is 1.14. The molecule has 0 amide bonds. The molecule has 1 rings (SSSR count). The normalized spacial score (nSPS) is 12.1. The molecular weight excluding hydrogens is 246 g/mol. The van der Waals surface area contributed by atoms with Gasteiger partial charge in [-0.1, -0.05) is 6.92 Å². The number of hydrogen-bond donors (Lipinski definition) is 2. The molecule has 94 valence electrons. The van der Waals surface area contributed by atoms with Gasteiger partial charge in [0.05, 0.1) is 4.92 Å². The average molecular weight is 259 g/mol. The Morgan fingerprint density at radius 3 is 2.88 bits per heavy atom. The van der Waals surface area contributed by atoms with Gasteiger partial charge in [0.15, 0.2) is 0 Å². The number of nitrogen functional groups attached to an aromatic ring is 1. The molecule has 17 heavy (non-hydrogen) atoms. The van der Waals surface area contributed by atoms with Crippen LogP contribution in [0.4, 0.5) is 17.3 Å². The molecule has 0 fully saturated rings. The minimum absolute atomic E-state index is 0.0515. The molecule has 0 saturated heterocycles. The summed E-state index contributed by atoms with van der Waals surface area (Å²) in [5.74, 6) is 0.812. The van der Waals surface area contributed by atoms with Gasteiger partial charge < -0.3 is 11.1 Å². The van der Waals surface area contributed by atoms with Gasteiger partial charge in [0, 0.05) is 28.9 Å². The fourth-order valence-corrected chi connectivity index (χ4v) is 1.75. The van der Waals surface area contributed by atoms with Crippen LogP contribution in [0.25, 0.3) is 0 Å². The second-order valence-corrected chi connectivity index (χ2v) is 4.94. The van der Waals surface area contributed by atoms with Crippen molar-refractivity contribution in [2.45, 2.75) is 6.92 Å². The molecule has 3 N–H and O–H groups in total. The Hall–Kier alpha value is -1.77. The maximum Gasteiger partial charge on any atom is 0.352 e.